The van der Waals surface area contributed by atoms with Gasteiger partial charge in [0.05, 0.1) is 17.7 Å². The van der Waals surface area contributed by atoms with Crippen LogP contribution >= 0.6 is 11.3 Å². The van der Waals surface area contributed by atoms with E-state index in [9.17, 15) is 4.79 Å². The molecule has 0 bridgehead atoms. The number of hydrogen-bond donors (Lipinski definition) is 0. The van der Waals surface area contributed by atoms with Crippen LogP contribution in [0.25, 0.3) is 22.3 Å². The molecule has 0 aliphatic rings. The third-order valence-corrected chi connectivity index (χ3v) is 5.73. The molecular weight excluding hydrogens is 396 g/mol. The molecule has 0 N–H and O–H groups in total. The number of hydrogen-bond acceptors (Lipinski definition) is 6. The number of rotatable bonds is 4. The van der Waals surface area contributed by atoms with Crippen molar-refractivity contribution >= 4 is 33.4 Å². The van der Waals surface area contributed by atoms with E-state index in [2.05, 4.69) is 24.0 Å². The lowest BCUT2D eigenvalue weighted by Crippen LogP contribution is -2.03. The highest BCUT2D eigenvalue weighted by atomic mass is 32.1. The van der Waals surface area contributed by atoms with E-state index < -0.39 is 0 Å². The number of aryl methyl sites for hydroxylation is 3. The topological polar surface area (TPSA) is 64.7 Å². The molecule has 0 saturated heterocycles. The maximum atomic E-state index is 12.1. The lowest BCUT2D eigenvalue weighted by atomic mass is 10.1. The monoisotopic (exact) mass is 418 g/mol. The van der Waals surface area contributed by atoms with Crippen LogP contribution in [0, 0.1) is 20.8 Å². The number of carbonyl (C=O) groups is 1. The van der Waals surface area contributed by atoms with Gasteiger partial charge in [-0.25, -0.2) is 14.8 Å². The van der Waals surface area contributed by atoms with Gasteiger partial charge in [-0.15, -0.1) is 0 Å². The summed E-state index contributed by atoms with van der Waals surface area (Å²) in [7, 11) is 0. The molecule has 0 aliphatic carbocycles. The van der Waals surface area contributed by atoms with Gasteiger partial charge in [0, 0.05) is 17.0 Å². The van der Waals surface area contributed by atoms with Crippen molar-refractivity contribution in [3.05, 3.63) is 75.6 Å². The Morgan fingerprint density at radius 2 is 1.80 bits per heavy atom. The fourth-order valence-corrected chi connectivity index (χ4v) is 4.00. The van der Waals surface area contributed by atoms with Crippen LogP contribution in [0.4, 0.5) is 5.13 Å². The molecule has 0 amide bonds. The SMILES string of the molecule is CCOC(=O)c1sc(/N=c2\cc(-c3ccc(C)cc3)oc3ccc(C)cc23)nc1C. The molecule has 30 heavy (non-hydrogen) atoms. The predicted octanol–water partition coefficient (Wildman–Crippen LogP) is 5.89. The molecule has 0 aliphatic heterocycles. The van der Waals surface area contributed by atoms with Gasteiger partial charge in [-0.3, -0.25) is 0 Å². The Hall–Kier alpha value is -3.25. The van der Waals surface area contributed by atoms with Crippen LogP contribution in [0.1, 0.15) is 33.4 Å². The molecule has 2 aromatic heterocycles. The Kier molecular flexibility index (Phi) is 5.50. The number of benzene rings is 2. The summed E-state index contributed by atoms with van der Waals surface area (Å²) in [5, 5.41) is 2.16. The standard InChI is InChI=1S/C24H22N2O3S/c1-5-28-23(27)22-16(4)25-24(30-22)26-19-13-21(17-9-6-14(2)7-10-17)29-20-11-8-15(3)12-18(19)20/h6-13H,5H2,1-4H3/b26-19+. The summed E-state index contributed by atoms with van der Waals surface area (Å²) in [5.74, 6) is 0.363. The second kappa shape index (κ2) is 8.24. The van der Waals surface area contributed by atoms with Crippen molar-refractivity contribution in [3.8, 4) is 11.3 Å². The first kappa shape index (κ1) is 20.0. The van der Waals surface area contributed by atoms with Gasteiger partial charge in [-0.2, -0.15) is 0 Å². The molecule has 5 nitrogen and oxygen atoms in total. The van der Waals surface area contributed by atoms with E-state index >= 15 is 0 Å². The maximum Gasteiger partial charge on any atom is 0.350 e. The van der Waals surface area contributed by atoms with Gasteiger partial charge in [0.2, 0.25) is 5.13 Å². The molecule has 0 saturated carbocycles. The zero-order chi connectivity index (χ0) is 21.3. The summed E-state index contributed by atoms with van der Waals surface area (Å²) in [6.07, 6.45) is 0. The lowest BCUT2D eigenvalue weighted by molar-refractivity contribution is 0.0531. The summed E-state index contributed by atoms with van der Waals surface area (Å²) in [5.41, 5.74) is 4.64. The van der Waals surface area contributed by atoms with Crippen LogP contribution in [0.3, 0.4) is 0 Å². The van der Waals surface area contributed by atoms with Crippen molar-refractivity contribution in [2.75, 3.05) is 6.61 Å². The Labute approximate surface area is 178 Å². The fraction of sp³-hybridized carbons (Fsp3) is 0.208. The summed E-state index contributed by atoms with van der Waals surface area (Å²) < 4.78 is 11.3. The normalized spacial score (nSPS) is 11.8. The van der Waals surface area contributed by atoms with Crippen LogP contribution < -0.4 is 5.36 Å². The zero-order valence-corrected chi connectivity index (χ0v) is 18.2. The van der Waals surface area contributed by atoms with E-state index in [0.717, 1.165) is 33.2 Å². The molecule has 0 unspecified atom stereocenters. The maximum absolute atomic E-state index is 12.1. The Balaban J connectivity index is 1.90. The Morgan fingerprint density at radius 1 is 1.07 bits per heavy atom. The summed E-state index contributed by atoms with van der Waals surface area (Å²) >= 11 is 1.24. The number of fused-ring (bicyclic) bond motifs is 1. The Morgan fingerprint density at radius 3 is 2.53 bits per heavy atom. The van der Waals surface area contributed by atoms with Crippen LogP contribution in [0.15, 0.2) is 57.9 Å². The van der Waals surface area contributed by atoms with Crippen molar-refractivity contribution < 1.29 is 13.9 Å². The van der Waals surface area contributed by atoms with Gasteiger partial charge < -0.3 is 9.15 Å². The molecule has 152 valence electrons. The van der Waals surface area contributed by atoms with Crippen LogP contribution in [0.5, 0.6) is 0 Å². The largest absolute Gasteiger partial charge is 0.462 e. The van der Waals surface area contributed by atoms with Gasteiger partial charge in [-0.05, 0) is 39.8 Å². The molecule has 0 fully saturated rings. The number of nitrogens with zero attached hydrogens (tertiary/aromatic N) is 2. The number of ether oxygens (including phenoxy) is 1. The molecule has 2 aromatic carbocycles. The highest BCUT2D eigenvalue weighted by molar-refractivity contribution is 7.17. The van der Waals surface area contributed by atoms with E-state index in [4.69, 9.17) is 14.1 Å². The first-order valence-corrected chi connectivity index (χ1v) is 10.6. The molecule has 0 atom stereocenters. The first-order valence-electron chi connectivity index (χ1n) is 9.75. The molecule has 2 heterocycles. The van der Waals surface area contributed by atoms with E-state index in [1.54, 1.807) is 13.8 Å². The van der Waals surface area contributed by atoms with Crippen molar-refractivity contribution in [2.24, 2.45) is 4.99 Å². The van der Waals surface area contributed by atoms with E-state index in [1.807, 2.05) is 43.3 Å². The Bertz CT molecular complexity index is 1300. The minimum Gasteiger partial charge on any atom is -0.462 e. The van der Waals surface area contributed by atoms with Crippen LogP contribution in [0.2, 0.25) is 0 Å². The smallest absolute Gasteiger partial charge is 0.350 e. The predicted molar refractivity (Wildman–Crippen MR) is 119 cm³/mol. The van der Waals surface area contributed by atoms with Gasteiger partial charge in [0.25, 0.3) is 0 Å². The van der Waals surface area contributed by atoms with E-state index in [1.165, 1.54) is 16.9 Å². The molecule has 4 aromatic rings. The second-order valence-electron chi connectivity index (χ2n) is 7.10. The molecule has 0 spiro atoms. The first-order chi connectivity index (χ1) is 14.4. The molecule has 4 rings (SSSR count). The lowest BCUT2D eigenvalue weighted by Gasteiger charge is -2.06. The van der Waals surface area contributed by atoms with Crippen molar-refractivity contribution in [1.29, 1.82) is 0 Å². The fourth-order valence-electron chi connectivity index (χ4n) is 3.15. The molecular formula is C24H22N2O3S. The number of aromatic nitrogens is 1. The summed E-state index contributed by atoms with van der Waals surface area (Å²) in [6, 6.07) is 16.1. The average molecular weight is 419 g/mol. The number of thiazole rings is 1. The number of esters is 1. The van der Waals surface area contributed by atoms with E-state index in [-0.39, 0.29) is 5.97 Å². The minimum absolute atomic E-state index is 0.326. The van der Waals surface area contributed by atoms with E-state index in [0.29, 0.717) is 22.3 Å². The van der Waals surface area contributed by atoms with Crippen molar-refractivity contribution in [3.63, 3.8) is 0 Å². The zero-order valence-electron chi connectivity index (χ0n) is 17.4. The van der Waals surface area contributed by atoms with Gasteiger partial charge >= 0.3 is 5.97 Å². The quantitative estimate of drug-likeness (QED) is 0.388. The van der Waals surface area contributed by atoms with Gasteiger partial charge in [0.1, 0.15) is 16.2 Å². The van der Waals surface area contributed by atoms with Crippen LogP contribution in [-0.4, -0.2) is 17.6 Å². The van der Waals surface area contributed by atoms with Crippen molar-refractivity contribution in [1.82, 2.24) is 4.98 Å². The highest BCUT2D eigenvalue weighted by Gasteiger charge is 2.16. The third-order valence-electron chi connectivity index (χ3n) is 4.70. The summed E-state index contributed by atoms with van der Waals surface area (Å²) in [4.78, 5) is 21.9. The summed E-state index contributed by atoms with van der Waals surface area (Å²) in [6.45, 7) is 7.99. The molecule has 0 radical (unpaired) electrons. The van der Waals surface area contributed by atoms with Crippen molar-refractivity contribution in [2.45, 2.75) is 27.7 Å². The van der Waals surface area contributed by atoms with Crippen LogP contribution in [-0.2, 0) is 4.74 Å². The molecule has 6 heteroatoms. The van der Waals surface area contributed by atoms with Gasteiger partial charge in [-0.1, -0.05) is 52.8 Å². The number of carbonyl (C=O) groups excluding carboxylic acids is 1. The van der Waals surface area contributed by atoms with Gasteiger partial charge in [0.15, 0.2) is 0 Å². The minimum atomic E-state index is -0.363. The average Bonchev–Trinajstić information content (AvgIpc) is 3.09. The second-order valence-corrected chi connectivity index (χ2v) is 8.08. The third kappa shape index (κ3) is 4.04. The highest BCUT2D eigenvalue weighted by Crippen LogP contribution is 2.27.